The van der Waals surface area contributed by atoms with Crippen molar-refractivity contribution in [3.63, 3.8) is 0 Å². The molecule has 0 radical (unpaired) electrons. The van der Waals surface area contributed by atoms with E-state index in [4.69, 9.17) is 0 Å². The van der Waals surface area contributed by atoms with Gasteiger partial charge in [0.1, 0.15) is 0 Å². The van der Waals surface area contributed by atoms with Gasteiger partial charge in [-0.3, -0.25) is 19.9 Å². The van der Waals surface area contributed by atoms with Crippen LogP contribution >= 0.6 is 0 Å². The molecule has 0 aromatic heterocycles. The highest BCUT2D eigenvalue weighted by Gasteiger charge is 2.29. The summed E-state index contributed by atoms with van der Waals surface area (Å²) in [6.07, 6.45) is 1.01. The largest absolute Gasteiger partial charge is 0.469 e. The first-order valence-electron chi connectivity index (χ1n) is 7.41. The molecule has 0 saturated carbocycles. The highest BCUT2D eigenvalue weighted by atomic mass is 16.5. The molecule has 0 aliphatic carbocycles. The highest BCUT2D eigenvalue weighted by molar-refractivity contribution is 6.01. The quantitative estimate of drug-likeness (QED) is 0.817. The fourth-order valence-corrected chi connectivity index (χ4v) is 2.83. The van der Waals surface area contributed by atoms with E-state index in [1.54, 1.807) is 0 Å². The number of nitrogens with zero attached hydrogens (tertiary/aromatic N) is 2. The van der Waals surface area contributed by atoms with Gasteiger partial charge in [-0.15, -0.1) is 0 Å². The maximum Gasteiger partial charge on any atom is 0.306 e. The van der Waals surface area contributed by atoms with Gasteiger partial charge in [0.2, 0.25) is 11.9 Å². The van der Waals surface area contributed by atoms with Crippen LogP contribution in [0.25, 0.3) is 0 Å². The van der Waals surface area contributed by atoms with E-state index in [1.165, 1.54) is 18.2 Å². The molecule has 1 amide bonds. The lowest BCUT2D eigenvalue weighted by atomic mass is 10.00. The summed E-state index contributed by atoms with van der Waals surface area (Å²) in [4.78, 5) is 29.9. The molecule has 0 saturated heterocycles. The smallest absolute Gasteiger partial charge is 0.306 e. The molecule has 0 fully saturated rings. The summed E-state index contributed by atoms with van der Waals surface area (Å²) in [7, 11) is 1.32. The van der Waals surface area contributed by atoms with E-state index in [2.05, 4.69) is 32.1 Å². The van der Waals surface area contributed by atoms with Crippen LogP contribution in [0.5, 0.6) is 0 Å². The van der Waals surface area contributed by atoms with Gasteiger partial charge < -0.3 is 9.64 Å². The van der Waals surface area contributed by atoms with E-state index in [1.807, 2.05) is 12.1 Å². The lowest BCUT2D eigenvalue weighted by Crippen LogP contribution is -2.51. The number of fused-ring (bicyclic) bond motifs is 1. The van der Waals surface area contributed by atoms with Crippen molar-refractivity contribution >= 4 is 17.8 Å². The number of carbonyl (C=O) groups is 2. The number of guanidine groups is 1. The van der Waals surface area contributed by atoms with Crippen molar-refractivity contribution in [2.75, 3.05) is 20.2 Å². The Morgan fingerprint density at radius 2 is 2.18 bits per heavy atom. The average Bonchev–Trinajstić information content (AvgIpc) is 2.56. The second kappa shape index (κ2) is 6.17. The van der Waals surface area contributed by atoms with Gasteiger partial charge in [-0.25, -0.2) is 0 Å². The lowest BCUT2D eigenvalue weighted by molar-refractivity contribution is -0.144. The van der Waals surface area contributed by atoms with Crippen LogP contribution in [-0.2, 0) is 27.3 Å². The minimum absolute atomic E-state index is 0.0714. The van der Waals surface area contributed by atoms with E-state index in [0.29, 0.717) is 12.5 Å². The highest BCUT2D eigenvalue weighted by Crippen LogP contribution is 2.20. The summed E-state index contributed by atoms with van der Waals surface area (Å²) < 4.78 is 4.61. The molecule has 0 unspecified atom stereocenters. The molecule has 6 heteroatoms. The minimum Gasteiger partial charge on any atom is -0.469 e. The van der Waals surface area contributed by atoms with Crippen LogP contribution in [-0.4, -0.2) is 42.9 Å². The van der Waals surface area contributed by atoms with Gasteiger partial charge in [-0.2, -0.15) is 0 Å². The third kappa shape index (κ3) is 2.95. The average molecular weight is 301 g/mol. The zero-order valence-corrected chi connectivity index (χ0v) is 12.5. The Kier molecular flexibility index (Phi) is 4.09. The molecule has 1 atom stereocenters. The first-order chi connectivity index (χ1) is 10.7. The van der Waals surface area contributed by atoms with Gasteiger partial charge in [-0.1, -0.05) is 24.3 Å². The van der Waals surface area contributed by atoms with E-state index in [9.17, 15) is 9.59 Å². The number of hydrogen-bond donors (Lipinski definition) is 1. The first kappa shape index (κ1) is 14.6. The second-order valence-electron chi connectivity index (χ2n) is 5.57. The molecule has 0 spiro atoms. The number of benzene rings is 1. The molecule has 22 heavy (non-hydrogen) atoms. The lowest BCUT2D eigenvalue weighted by Gasteiger charge is -2.33. The van der Waals surface area contributed by atoms with E-state index in [-0.39, 0.29) is 18.3 Å². The van der Waals surface area contributed by atoms with Crippen LogP contribution in [0.1, 0.15) is 17.5 Å². The van der Waals surface area contributed by atoms with Crippen LogP contribution in [0.3, 0.4) is 0 Å². The predicted octanol–water partition coefficient (Wildman–Crippen LogP) is 0.710. The fraction of sp³-hybridized carbons (Fsp3) is 0.438. The van der Waals surface area contributed by atoms with Crippen molar-refractivity contribution in [2.24, 2.45) is 10.9 Å². The summed E-state index contributed by atoms with van der Waals surface area (Å²) in [5.74, 6) is -0.367. The standard InChI is InChI=1S/C16H19N3O3/c1-22-14(20)8-13-9-17-16(18-15(13)21)19-7-6-11-4-2-3-5-12(11)10-19/h2-5,13H,6-10H2,1H3,(H,17,18,21)/t13-/m0/s1. The number of carbonyl (C=O) groups excluding carboxylic acids is 2. The molecule has 0 bridgehead atoms. The van der Waals surface area contributed by atoms with E-state index < -0.39 is 5.92 Å². The molecule has 3 rings (SSSR count). The van der Waals surface area contributed by atoms with Crippen molar-refractivity contribution in [3.05, 3.63) is 35.4 Å². The molecule has 1 N–H and O–H groups in total. The summed E-state index contributed by atoms with van der Waals surface area (Å²) in [5.41, 5.74) is 2.62. The van der Waals surface area contributed by atoms with Gasteiger partial charge in [0.25, 0.3) is 0 Å². The maximum absolute atomic E-state index is 12.1. The topological polar surface area (TPSA) is 71.0 Å². The maximum atomic E-state index is 12.1. The monoisotopic (exact) mass is 301 g/mol. The Hall–Kier alpha value is -2.37. The van der Waals surface area contributed by atoms with E-state index in [0.717, 1.165) is 19.5 Å². The van der Waals surface area contributed by atoms with Crippen molar-refractivity contribution < 1.29 is 14.3 Å². The molecule has 2 aliphatic rings. The van der Waals surface area contributed by atoms with Crippen molar-refractivity contribution in [1.29, 1.82) is 0 Å². The van der Waals surface area contributed by atoms with Crippen molar-refractivity contribution in [2.45, 2.75) is 19.4 Å². The summed E-state index contributed by atoms with van der Waals surface area (Å²) in [6.45, 7) is 1.91. The van der Waals surface area contributed by atoms with Gasteiger partial charge in [0.05, 0.1) is 26.0 Å². The summed E-state index contributed by atoms with van der Waals surface area (Å²) in [5, 5.41) is 2.83. The molecule has 1 aromatic rings. The van der Waals surface area contributed by atoms with Crippen molar-refractivity contribution in [1.82, 2.24) is 10.2 Å². The van der Waals surface area contributed by atoms with Crippen LogP contribution in [0, 0.1) is 5.92 Å². The number of amides is 1. The number of esters is 1. The van der Waals surface area contributed by atoms with Crippen LogP contribution in [0.2, 0.25) is 0 Å². The Morgan fingerprint density at radius 1 is 1.41 bits per heavy atom. The summed E-state index contributed by atoms with van der Waals surface area (Å²) in [6, 6.07) is 8.31. The number of ether oxygens (including phenoxy) is 1. The molecule has 2 aliphatic heterocycles. The number of hydrogen-bond acceptors (Lipinski definition) is 5. The molecular formula is C16H19N3O3. The Bertz CT molecular complexity index is 627. The number of nitrogens with one attached hydrogen (secondary N) is 1. The number of aliphatic imine (C=N–C) groups is 1. The Labute approximate surface area is 129 Å². The number of methoxy groups -OCH3 is 1. The molecule has 1 aromatic carbocycles. The van der Waals surface area contributed by atoms with Gasteiger partial charge in [0.15, 0.2) is 0 Å². The first-order valence-corrected chi connectivity index (χ1v) is 7.41. The SMILES string of the molecule is COC(=O)C[C@H]1CN=C(N2CCc3ccccc3C2)NC1=O. The Balaban J connectivity index is 1.67. The fourth-order valence-electron chi connectivity index (χ4n) is 2.83. The van der Waals surface area contributed by atoms with Gasteiger partial charge >= 0.3 is 5.97 Å². The zero-order chi connectivity index (χ0) is 15.5. The second-order valence-corrected chi connectivity index (χ2v) is 5.57. The van der Waals surface area contributed by atoms with Gasteiger partial charge in [0, 0.05) is 13.1 Å². The molecule has 116 valence electrons. The molecular weight excluding hydrogens is 282 g/mol. The van der Waals surface area contributed by atoms with E-state index >= 15 is 0 Å². The molecule has 2 heterocycles. The van der Waals surface area contributed by atoms with Crippen molar-refractivity contribution in [3.8, 4) is 0 Å². The number of rotatable bonds is 2. The van der Waals surface area contributed by atoms with Crippen LogP contribution in [0.4, 0.5) is 0 Å². The van der Waals surface area contributed by atoms with Gasteiger partial charge in [-0.05, 0) is 17.5 Å². The predicted molar refractivity (Wildman–Crippen MR) is 81.1 cm³/mol. The minimum atomic E-state index is -0.437. The zero-order valence-electron chi connectivity index (χ0n) is 12.5. The van der Waals surface area contributed by atoms with Crippen LogP contribution in [0.15, 0.2) is 29.3 Å². The van der Waals surface area contributed by atoms with Crippen LogP contribution < -0.4 is 5.32 Å². The molecule has 6 nitrogen and oxygen atoms in total. The third-order valence-corrected chi connectivity index (χ3v) is 4.14. The third-order valence-electron chi connectivity index (χ3n) is 4.14. The summed E-state index contributed by atoms with van der Waals surface area (Å²) >= 11 is 0. The Morgan fingerprint density at radius 3 is 2.91 bits per heavy atom. The normalized spacial score (nSPS) is 20.8.